The number of fused-ring (bicyclic) bond motifs is 3. The summed E-state index contributed by atoms with van der Waals surface area (Å²) in [4.78, 5) is 39.3. The maximum absolute atomic E-state index is 13.5. The molecule has 1 fully saturated rings. The number of carbonyl (C=O) groups excluding carboxylic acids is 3. The zero-order valence-electron chi connectivity index (χ0n) is 18.7. The van der Waals surface area contributed by atoms with Crippen LogP contribution in [0.1, 0.15) is 64.0 Å². The molecule has 3 N–H and O–H groups in total. The van der Waals surface area contributed by atoms with Crippen LogP contribution in [-0.4, -0.2) is 23.3 Å². The Labute approximate surface area is 189 Å². The van der Waals surface area contributed by atoms with Crippen molar-refractivity contribution in [3.05, 3.63) is 54.1 Å². The van der Waals surface area contributed by atoms with Crippen LogP contribution in [-0.2, 0) is 14.4 Å². The van der Waals surface area contributed by atoms with Gasteiger partial charge in [-0.2, -0.15) is 0 Å². The zero-order chi connectivity index (χ0) is 22.7. The molecule has 6 nitrogen and oxygen atoms in total. The maximum Gasteiger partial charge on any atom is 0.251 e. The molecule has 1 saturated carbocycles. The SMILES string of the molecule is CC(C)CCC(=O)NC1(C(=O)NC2C(=O)Nc3ccccc3-c3ccccc32)CCCC1. The van der Waals surface area contributed by atoms with Crippen molar-refractivity contribution < 1.29 is 14.4 Å². The minimum atomic E-state index is -0.956. The first-order valence-corrected chi connectivity index (χ1v) is 11.5. The van der Waals surface area contributed by atoms with Gasteiger partial charge in [0.25, 0.3) is 5.91 Å². The number of rotatable bonds is 6. The van der Waals surface area contributed by atoms with Crippen LogP contribution in [0.2, 0.25) is 0 Å². The Kier molecular flexibility index (Phi) is 6.31. The number of para-hydroxylation sites is 1. The Morgan fingerprint density at radius 3 is 2.41 bits per heavy atom. The van der Waals surface area contributed by atoms with Gasteiger partial charge in [0.05, 0.1) is 0 Å². The Bertz CT molecular complexity index is 1020. The van der Waals surface area contributed by atoms with Gasteiger partial charge in [-0.05, 0) is 42.4 Å². The average molecular weight is 434 g/mol. The fourth-order valence-corrected chi connectivity index (χ4v) is 4.72. The molecule has 168 valence electrons. The molecule has 1 atom stereocenters. The molecule has 0 spiro atoms. The van der Waals surface area contributed by atoms with E-state index in [2.05, 4.69) is 29.8 Å². The molecule has 6 heteroatoms. The van der Waals surface area contributed by atoms with E-state index in [-0.39, 0.29) is 17.7 Å². The normalized spacial score (nSPS) is 18.8. The lowest BCUT2D eigenvalue weighted by Gasteiger charge is -2.31. The first-order valence-electron chi connectivity index (χ1n) is 11.5. The van der Waals surface area contributed by atoms with Crippen LogP contribution < -0.4 is 16.0 Å². The molecule has 0 radical (unpaired) electrons. The Morgan fingerprint density at radius 2 is 1.69 bits per heavy atom. The van der Waals surface area contributed by atoms with Gasteiger partial charge in [0.15, 0.2) is 0 Å². The van der Waals surface area contributed by atoms with Crippen molar-refractivity contribution in [1.29, 1.82) is 0 Å². The van der Waals surface area contributed by atoms with Crippen molar-refractivity contribution in [2.75, 3.05) is 5.32 Å². The van der Waals surface area contributed by atoms with Crippen molar-refractivity contribution in [1.82, 2.24) is 10.6 Å². The van der Waals surface area contributed by atoms with Gasteiger partial charge in [-0.3, -0.25) is 14.4 Å². The highest BCUT2D eigenvalue weighted by Crippen LogP contribution is 2.38. The minimum absolute atomic E-state index is 0.103. The summed E-state index contributed by atoms with van der Waals surface area (Å²) in [6.07, 6.45) is 4.09. The summed E-state index contributed by atoms with van der Waals surface area (Å²) in [5, 5.41) is 8.97. The maximum atomic E-state index is 13.5. The smallest absolute Gasteiger partial charge is 0.251 e. The molecule has 3 amide bonds. The van der Waals surface area contributed by atoms with Gasteiger partial charge >= 0.3 is 0 Å². The summed E-state index contributed by atoms with van der Waals surface area (Å²) < 4.78 is 0. The van der Waals surface area contributed by atoms with Crippen molar-refractivity contribution >= 4 is 23.4 Å². The molecule has 1 aliphatic carbocycles. The van der Waals surface area contributed by atoms with Crippen molar-refractivity contribution in [3.8, 4) is 11.1 Å². The number of hydrogen-bond donors (Lipinski definition) is 3. The number of carbonyl (C=O) groups is 3. The summed E-state index contributed by atoms with van der Waals surface area (Å²) in [7, 11) is 0. The monoisotopic (exact) mass is 433 g/mol. The molecule has 4 rings (SSSR count). The predicted octanol–water partition coefficient (Wildman–Crippen LogP) is 4.33. The second kappa shape index (κ2) is 9.15. The van der Waals surface area contributed by atoms with Gasteiger partial charge in [0.1, 0.15) is 11.6 Å². The molecule has 2 aromatic carbocycles. The average Bonchev–Trinajstić information content (AvgIpc) is 3.21. The van der Waals surface area contributed by atoms with E-state index >= 15 is 0 Å². The lowest BCUT2D eigenvalue weighted by Crippen LogP contribution is -2.58. The minimum Gasteiger partial charge on any atom is -0.342 e. The van der Waals surface area contributed by atoms with Crippen molar-refractivity contribution in [2.24, 2.45) is 5.92 Å². The van der Waals surface area contributed by atoms with Gasteiger partial charge < -0.3 is 16.0 Å². The number of amides is 3. The lowest BCUT2D eigenvalue weighted by atomic mass is 9.92. The van der Waals surface area contributed by atoms with Gasteiger partial charge in [0.2, 0.25) is 11.8 Å². The summed E-state index contributed by atoms with van der Waals surface area (Å²) in [5.74, 6) is -0.250. The quantitative estimate of drug-likeness (QED) is 0.634. The van der Waals surface area contributed by atoms with Crippen LogP contribution in [0.5, 0.6) is 0 Å². The van der Waals surface area contributed by atoms with Crippen LogP contribution >= 0.6 is 0 Å². The Morgan fingerprint density at radius 1 is 1.03 bits per heavy atom. The Hall–Kier alpha value is -3.15. The summed E-state index contributed by atoms with van der Waals surface area (Å²) >= 11 is 0. The first kappa shape index (κ1) is 22.1. The van der Waals surface area contributed by atoms with E-state index in [9.17, 15) is 14.4 Å². The van der Waals surface area contributed by atoms with E-state index < -0.39 is 11.6 Å². The second-order valence-corrected chi connectivity index (χ2v) is 9.30. The molecule has 0 bridgehead atoms. The summed E-state index contributed by atoms with van der Waals surface area (Å²) in [6.45, 7) is 4.15. The highest BCUT2D eigenvalue weighted by atomic mass is 16.2. The number of hydrogen-bond acceptors (Lipinski definition) is 3. The molecule has 0 saturated heterocycles. The fraction of sp³-hybridized carbons (Fsp3) is 0.423. The lowest BCUT2D eigenvalue weighted by molar-refractivity contribution is -0.135. The van der Waals surface area contributed by atoms with Crippen molar-refractivity contribution in [3.63, 3.8) is 0 Å². The van der Waals surface area contributed by atoms with Gasteiger partial charge in [-0.15, -0.1) is 0 Å². The van der Waals surface area contributed by atoms with E-state index in [1.807, 2.05) is 48.5 Å². The standard InChI is InChI=1S/C26H31N3O3/c1-17(2)13-14-22(30)29-26(15-7-8-16-26)25(32)28-23-20-11-4-3-9-18(20)19-10-5-6-12-21(19)27-24(23)31/h3-6,9-12,17,23H,7-8,13-16H2,1-2H3,(H,27,31)(H,28,32)(H,29,30). The van der Waals surface area contributed by atoms with Gasteiger partial charge in [0, 0.05) is 17.7 Å². The molecule has 1 aliphatic heterocycles. The third-order valence-corrected chi connectivity index (χ3v) is 6.50. The number of nitrogens with one attached hydrogen (secondary N) is 3. The third kappa shape index (κ3) is 4.40. The number of benzene rings is 2. The summed E-state index contributed by atoms with van der Waals surface area (Å²) in [6, 6.07) is 14.4. The van der Waals surface area contributed by atoms with Crippen LogP contribution in [0.25, 0.3) is 11.1 Å². The van der Waals surface area contributed by atoms with Crippen LogP contribution in [0.3, 0.4) is 0 Å². The van der Waals surface area contributed by atoms with Crippen LogP contribution in [0.4, 0.5) is 5.69 Å². The Balaban J connectivity index is 1.60. The molecule has 32 heavy (non-hydrogen) atoms. The van der Waals surface area contributed by atoms with E-state index in [1.165, 1.54) is 0 Å². The van der Waals surface area contributed by atoms with Crippen LogP contribution in [0.15, 0.2) is 48.5 Å². The van der Waals surface area contributed by atoms with E-state index in [0.717, 1.165) is 41.6 Å². The first-order chi connectivity index (χ1) is 15.4. The number of anilines is 1. The predicted molar refractivity (Wildman–Crippen MR) is 125 cm³/mol. The second-order valence-electron chi connectivity index (χ2n) is 9.30. The topological polar surface area (TPSA) is 87.3 Å². The molecular formula is C26H31N3O3. The molecule has 2 aromatic rings. The van der Waals surface area contributed by atoms with Gasteiger partial charge in [-0.25, -0.2) is 0 Å². The third-order valence-electron chi connectivity index (χ3n) is 6.50. The molecule has 1 unspecified atom stereocenters. The molecular weight excluding hydrogens is 402 g/mol. The summed E-state index contributed by atoms with van der Waals surface area (Å²) in [5.41, 5.74) is 2.35. The molecule has 2 aliphatic rings. The van der Waals surface area contributed by atoms with Crippen molar-refractivity contribution in [2.45, 2.75) is 64.0 Å². The highest BCUT2D eigenvalue weighted by molar-refractivity contribution is 6.05. The highest BCUT2D eigenvalue weighted by Gasteiger charge is 2.44. The molecule has 0 aromatic heterocycles. The molecule has 1 heterocycles. The van der Waals surface area contributed by atoms with E-state index in [0.29, 0.717) is 25.2 Å². The largest absolute Gasteiger partial charge is 0.342 e. The van der Waals surface area contributed by atoms with Gasteiger partial charge in [-0.1, -0.05) is 69.2 Å². The van der Waals surface area contributed by atoms with E-state index in [1.54, 1.807) is 0 Å². The zero-order valence-corrected chi connectivity index (χ0v) is 18.7. The van der Waals surface area contributed by atoms with Crippen LogP contribution in [0, 0.1) is 5.92 Å². The van der Waals surface area contributed by atoms with E-state index in [4.69, 9.17) is 0 Å². The fourth-order valence-electron chi connectivity index (χ4n) is 4.72.